The highest BCUT2D eigenvalue weighted by molar-refractivity contribution is 6.04. The molecule has 0 fully saturated rings. The molecule has 7 heteroatoms. The zero-order valence-corrected chi connectivity index (χ0v) is 14.3. The lowest BCUT2D eigenvalue weighted by Gasteiger charge is -2.09. The Labute approximate surface area is 153 Å². The van der Waals surface area contributed by atoms with Gasteiger partial charge in [-0.15, -0.1) is 0 Å². The Morgan fingerprint density at radius 2 is 1.89 bits per heavy atom. The van der Waals surface area contributed by atoms with Crippen LogP contribution in [0.15, 0.2) is 61.1 Å². The third kappa shape index (κ3) is 3.15. The maximum absolute atomic E-state index is 13.7. The summed E-state index contributed by atoms with van der Waals surface area (Å²) in [7, 11) is 0. The molecule has 3 heterocycles. The van der Waals surface area contributed by atoms with Crippen molar-refractivity contribution in [1.29, 1.82) is 0 Å². The highest BCUT2D eigenvalue weighted by Crippen LogP contribution is 2.25. The maximum atomic E-state index is 13.7. The van der Waals surface area contributed by atoms with Gasteiger partial charge in [0.05, 0.1) is 5.52 Å². The average Bonchev–Trinajstić information content (AvgIpc) is 3.09. The first-order valence-corrected chi connectivity index (χ1v) is 8.19. The van der Waals surface area contributed by atoms with Crippen LogP contribution in [0.25, 0.3) is 16.6 Å². The van der Waals surface area contributed by atoms with Crippen LogP contribution in [-0.2, 0) is 0 Å². The average molecular weight is 364 g/mol. The Bertz CT molecular complexity index is 1130. The number of aromatic nitrogens is 3. The van der Waals surface area contributed by atoms with Gasteiger partial charge in [-0.2, -0.15) is 5.10 Å². The summed E-state index contributed by atoms with van der Waals surface area (Å²) in [6, 6.07) is 10.5. The minimum absolute atomic E-state index is 0.198. The van der Waals surface area contributed by atoms with Crippen molar-refractivity contribution in [1.82, 2.24) is 14.6 Å². The molecule has 0 unspecified atom stereocenters. The number of benzene rings is 1. The minimum atomic E-state index is -0.924. The standard InChI is InChI=1S/C20H14F2N4O/c1-12-9-14-7-8-24-26(14)11-15(12)13-5-6-18(23-10-13)25-20(27)19-16(21)3-2-4-17(19)22/h2-11H,1H3,(H,23,25,27). The molecule has 5 nitrogen and oxygen atoms in total. The van der Waals surface area contributed by atoms with Crippen molar-refractivity contribution in [2.45, 2.75) is 6.92 Å². The van der Waals surface area contributed by atoms with E-state index in [1.807, 2.05) is 25.3 Å². The predicted molar refractivity (Wildman–Crippen MR) is 97.5 cm³/mol. The van der Waals surface area contributed by atoms with Gasteiger partial charge in [0, 0.05) is 29.7 Å². The summed E-state index contributed by atoms with van der Waals surface area (Å²) in [5.74, 6) is -2.54. The van der Waals surface area contributed by atoms with Crippen molar-refractivity contribution < 1.29 is 13.6 Å². The molecule has 0 bridgehead atoms. The van der Waals surface area contributed by atoms with Gasteiger partial charge < -0.3 is 5.32 Å². The molecular formula is C20H14F2N4O. The molecule has 1 amide bonds. The second-order valence-electron chi connectivity index (χ2n) is 6.05. The zero-order valence-electron chi connectivity index (χ0n) is 14.3. The van der Waals surface area contributed by atoms with Crippen molar-refractivity contribution >= 4 is 17.2 Å². The van der Waals surface area contributed by atoms with Crippen LogP contribution < -0.4 is 5.32 Å². The molecule has 4 rings (SSSR count). The molecular weight excluding hydrogens is 350 g/mol. The number of carbonyl (C=O) groups excluding carboxylic acids is 1. The molecule has 0 radical (unpaired) electrons. The summed E-state index contributed by atoms with van der Waals surface area (Å²) in [5, 5.41) is 6.63. The van der Waals surface area contributed by atoms with Crippen molar-refractivity contribution in [3.63, 3.8) is 0 Å². The van der Waals surface area contributed by atoms with Crippen molar-refractivity contribution in [2.24, 2.45) is 0 Å². The molecule has 0 atom stereocenters. The van der Waals surface area contributed by atoms with Gasteiger partial charge >= 0.3 is 0 Å². The fourth-order valence-corrected chi connectivity index (χ4v) is 2.89. The van der Waals surface area contributed by atoms with Crippen LogP contribution in [0.2, 0.25) is 0 Å². The number of pyridine rings is 2. The Balaban J connectivity index is 1.60. The molecule has 134 valence electrons. The van der Waals surface area contributed by atoms with E-state index in [0.29, 0.717) is 0 Å². The van der Waals surface area contributed by atoms with E-state index in [0.717, 1.165) is 34.3 Å². The number of anilines is 1. The Morgan fingerprint density at radius 1 is 1.11 bits per heavy atom. The second-order valence-corrected chi connectivity index (χ2v) is 6.05. The van der Waals surface area contributed by atoms with E-state index in [9.17, 15) is 13.6 Å². The number of nitrogens with zero attached hydrogens (tertiary/aromatic N) is 3. The van der Waals surface area contributed by atoms with Gasteiger partial charge in [0.15, 0.2) is 0 Å². The van der Waals surface area contributed by atoms with Gasteiger partial charge in [-0.3, -0.25) is 4.79 Å². The van der Waals surface area contributed by atoms with Crippen LogP contribution in [0.4, 0.5) is 14.6 Å². The van der Waals surface area contributed by atoms with Crippen LogP contribution in [0, 0.1) is 18.6 Å². The predicted octanol–water partition coefficient (Wildman–Crippen LogP) is 4.24. The highest BCUT2D eigenvalue weighted by Gasteiger charge is 2.17. The normalized spacial score (nSPS) is 10.9. The number of hydrogen-bond donors (Lipinski definition) is 1. The van der Waals surface area contributed by atoms with Gasteiger partial charge in [-0.05, 0) is 48.9 Å². The third-order valence-electron chi connectivity index (χ3n) is 4.25. The van der Waals surface area contributed by atoms with Crippen LogP contribution in [-0.4, -0.2) is 20.5 Å². The monoisotopic (exact) mass is 364 g/mol. The number of fused-ring (bicyclic) bond motifs is 1. The third-order valence-corrected chi connectivity index (χ3v) is 4.25. The largest absolute Gasteiger partial charge is 0.306 e. The fraction of sp³-hybridized carbons (Fsp3) is 0.0500. The van der Waals surface area contributed by atoms with E-state index >= 15 is 0 Å². The molecule has 1 aromatic carbocycles. The number of rotatable bonds is 3. The van der Waals surface area contributed by atoms with Gasteiger partial charge in [-0.1, -0.05) is 6.07 Å². The van der Waals surface area contributed by atoms with Crippen molar-refractivity contribution in [2.75, 3.05) is 5.32 Å². The molecule has 0 aliphatic carbocycles. The summed E-state index contributed by atoms with van der Waals surface area (Å²) in [4.78, 5) is 16.3. The SMILES string of the molecule is Cc1cc2ccnn2cc1-c1ccc(NC(=O)c2c(F)cccc2F)nc1. The smallest absolute Gasteiger partial charge is 0.262 e. The summed E-state index contributed by atoms with van der Waals surface area (Å²) in [5.41, 5.74) is 3.18. The number of nitrogens with one attached hydrogen (secondary N) is 1. The van der Waals surface area contributed by atoms with E-state index < -0.39 is 23.1 Å². The van der Waals surface area contributed by atoms with Crippen LogP contribution in [0.5, 0.6) is 0 Å². The lowest BCUT2D eigenvalue weighted by molar-refractivity contribution is 0.101. The van der Waals surface area contributed by atoms with Gasteiger partial charge in [0.25, 0.3) is 5.91 Å². The Kier molecular flexibility index (Phi) is 4.12. The highest BCUT2D eigenvalue weighted by atomic mass is 19.1. The molecule has 27 heavy (non-hydrogen) atoms. The number of halogens is 2. The number of hydrogen-bond acceptors (Lipinski definition) is 3. The first kappa shape index (κ1) is 16.8. The molecule has 0 saturated heterocycles. The minimum Gasteiger partial charge on any atom is -0.306 e. The number of amides is 1. The van der Waals surface area contributed by atoms with E-state index in [-0.39, 0.29) is 5.82 Å². The molecule has 0 spiro atoms. The van der Waals surface area contributed by atoms with Gasteiger partial charge in [0.2, 0.25) is 0 Å². The molecule has 1 N–H and O–H groups in total. The van der Waals surface area contributed by atoms with Gasteiger partial charge in [-0.25, -0.2) is 18.3 Å². The maximum Gasteiger partial charge on any atom is 0.262 e. The van der Waals surface area contributed by atoms with E-state index in [2.05, 4.69) is 15.4 Å². The van der Waals surface area contributed by atoms with Gasteiger partial charge in [0.1, 0.15) is 23.0 Å². The quantitative estimate of drug-likeness (QED) is 0.592. The topological polar surface area (TPSA) is 59.3 Å². The van der Waals surface area contributed by atoms with Crippen LogP contribution >= 0.6 is 0 Å². The molecule has 4 aromatic rings. The molecule has 0 saturated carbocycles. The van der Waals surface area contributed by atoms with Crippen molar-refractivity contribution in [3.8, 4) is 11.1 Å². The summed E-state index contributed by atoms with van der Waals surface area (Å²) in [6.45, 7) is 1.99. The number of aryl methyl sites for hydroxylation is 1. The second kappa shape index (κ2) is 6.60. The lowest BCUT2D eigenvalue weighted by Crippen LogP contribution is -2.16. The Morgan fingerprint density at radius 3 is 2.59 bits per heavy atom. The van der Waals surface area contributed by atoms with Crippen LogP contribution in [0.3, 0.4) is 0 Å². The summed E-state index contributed by atoms with van der Waals surface area (Å²) in [6.07, 6.45) is 5.21. The first-order valence-electron chi connectivity index (χ1n) is 8.19. The van der Waals surface area contributed by atoms with Crippen LogP contribution in [0.1, 0.15) is 15.9 Å². The number of carbonyl (C=O) groups is 1. The Hall–Kier alpha value is -3.61. The molecule has 0 aliphatic heterocycles. The first-order chi connectivity index (χ1) is 13.0. The van der Waals surface area contributed by atoms with E-state index in [1.165, 1.54) is 6.07 Å². The summed E-state index contributed by atoms with van der Waals surface area (Å²) < 4.78 is 29.2. The summed E-state index contributed by atoms with van der Waals surface area (Å²) >= 11 is 0. The molecule has 0 aliphatic rings. The van der Waals surface area contributed by atoms with Crippen molar-refractivity contribution in [3.05, 3.63) is 83.8 Å². The fourth-order valence-electron chi connectivity index (χ4n) is 2.89. The molecule has 3 aromatic heterocycles. The van der Waals surface area contributed by atoms with E-state index in [1.54, 1.807) is 29.0 Å². The zero-order chi connectivity index (χ0) is 19.0. The van der Waals surface area contributed by atoms with E-state index in [4.69, 9.17) is 0 Å². The lowest BCUT2D eigenvalue weighted by atomic mass is 10.0.